The van der Waals surface area contributed by atoms with Gasteiger partial charge in [-0.3, -0.25) is 14.6 Å². The number of ether oxygens (including phenoxy) is 1. The van der Waals surface area contributed by atoms with Gasteiger partial charge in [-0.25, -0.2) is 4.79 Å². The molecule has 3 rings (SSSR count). The number of carbonyl (C=O) groups is 2. The Morgan fingerprint density at radius 2 is 2.00 bits per heavy atom. The number of fused-ring (bicyclic) bond motifs is 1. The molecule has 0 aliphatic heterocycles. The summed E-state index contributed by atoms with van der Waals surface area (Å²) >= 11 is 1.46. The van der Waals surface area contributed by atoms with Crippen molar-refractivity contribution in [1.82, 2.24) is 15.6 Å². The topological polar surface area (TPSA) is 113 Å². The van der Waals surface area contributed by atoms with Crippen molar-refractivity contribution in [3.05, 3.63) is 51.7 Å². The summed E-state index contributed by atoms with van der Waals surface area (Å²) in [4.78, 5) is 37.2. The lowest BCUT2D eigenvalue weighted by atomic mass is 10.1. The number of aromatic amines is 1. The van der Waals surface area contributed by atoms with Crippen molar-refractivity contribution in [2.75, 3.05) is 20.2 Å². The second-order valence-corrected chi connectivity index (χ2v) is 5.97. The van der Waals surface area contributed by atoms with Gasteiger partial charge in [0.1, 0.15) is 17.7 Å². The molecule has 0 aliphatic carbocycles. The molecule has 3 N–H and O–H groups in total. The SMILES string of the molecule is COc1cccc2scc(C(=O)NCCNC(=O)c3coc(=O)[nH]3)c12. The Morgan fingerprint density at radius 1 is 1.24 bits per heavy atom. The van der Waals surface area contributed by atoms with Crippen molar-refractivity contribution < 1.29 is 18.7 Å². The molecule has 3 aromatic rings. The minimum absolute atomic E-state index is 0.0323. The van der Waals surface area contributed by atoms with Crippen LogP contribution in [-0.2, 0) is 0 Å². The number of hydrogen-bond donors (Lipinski definition) is 3. The highest BCUT2D eigenvalue weighted by molar-refractivity contribution is 7.17. The Labute approximate surface area is 145 Å². The Hall–Kier alpha value is -3.07. The Balaban J connectivity index is 1.58. The smallest absolute Gasteiger partial charge is 0.416 e. The molecule has 0 radical (unpaired) electrons. The van der Waals surface area contributed by atoms with E-state index in [1.165, 1.54) is 11.3 Å². The van der Waals surface area contributed by atoms with Crippen LogP contribution in [0.15, 0.2) is 39.1 Å². The maximum atomic E-state index is 12.4. The van der Waals surface area contributed by atoms with Gasteiger partial charge in [0.2, 0.25) is 0 Å². The van der Waals surface area contributed by atoms with Crippen LogP contribution in [0.25, 0.3) is 10.1 Å². The van der Waals surface area contributed by atoms with Crippen molar-refractivity contribution >= 4 is 33.2 Å². The van der Waals surface area contributed by atoms with E-state index in [9.17, 15) is 14.4 Å². The molecule has 8 nitrogen and oxygen atoms in total. The fourth-order valence-corrected chi connectivity index (χ4v) is 3.28. The molecule has 0 unspecified atom stereocenters. The molecule has 2 aromatic heterocycles. The number of hydrogen-bond acceptors (Lipinski definition) is 6. The number of rotatable bonds is 6. The van der Waals surface area contributed by atoms with Gasteiger partial charge >= 0.3 is 5.76 Å². The van der Waals surface area contributed by atoms with E-state index >= 15 is 0 Å². The lowest BCUT2D eigenvalue weighted by Gasteiger charge is -2.07. The number of benzene rings is 1. The molecule has 2 amide bonds. The predicted molar refractivity (Wildman–Crippen MR) is 92.4 cm³/mol. The highest BCUT2D eigenvalue weighted by Crippen LogP contribution is 2.33. The minimum Gasteiger partial charge on any atom is -0.496 e. The molecular weight excluding hydrogens is 346 g/mol. The molecule has 25 heavy (non-hydrogen) atoms. The van der Waals surface area contributed by atoms with Gasteiger partial charge in [0.15, 0.2) is 0 Å². The summed E-state index contributed by atoms with van der Waals surface area (Å²) < 4.78 is 10.8. The quantitative estimate of drug-likeness (QED) is 0.574. The molecule has 0 aliphatic rings. The van der Waals surface area contributed by atoms with Crippen LogP contribution in [0, 0.1) is 0 Å². The molecule has 130 valence electrons. The van der Waals surface area contributed by atoms with E-state index in [4.69, 9.17) is 4.74 Å². The van der Waals surface area contributed by atoms with Crippen LogP contribution >= 0.6 is 11.3 Å². The van der Waals surface area contributed by atoms with Gasteiger partial charge in [-0.15, -0.1) is 11.3 Å². The second kappa shape index (κ2) is 7.22. The lowest BCUT2D eigenvalue weighted by Crippen LogP contribution is -2.34. The number of thiophene rings is 1. The third-order valence-electron chi connectivity index (χ3n) is 3.49. The molecule has 0 fully saturated rings. The van der Waals surface area contributed by atoms with Gasteiger partial charge in [-0.05, 0) is 12.1 Å². The fourth-order valence-electron chi connectivity index (χ4n) is 2.33. The molecular formula is C16H15N3O5S. The second-order valence-electron chi connectivity index (χ2n) is 5.06. The summed E-state index contributed by atoms with van der Waals surface area (Å²) in [5.41, 5.74) is 0.563. The van der Waals surface area contributed by atoms with Gasteiger partial charge in [-0.2, -0.15) is 0 Å². The molecule has 0 saturated heterocycles. The Kier molecular flexibility index (Phi) is 4.85. The number of nitrogens with one attached hydrogen (secondary N) is 3. The van der Waals surface area contributed by atoms with Gasteiger partial charge in [-0.1, -0.05) is 6.07 Å². The Bertz CT molecular complexity index is 971. The maximum Gasteiger partial charge on any atom is 0.416 e. The van der Waals surface area contributed by atoms with Crippen LogP contribution in [0.4, 0.5) is 0 Å². The zero-order valence-electron chi connectivity index (χ0n) is 13.3. The number of aromatic nitrogens is 1. The molecule has 0 spiro atoms. The van der Waals surface area contributed by atoms with Crippen molar-refractivity contribution in [2.24, 2.45) is 0 Å². The number of amides is 2. The van der Waals surface area contributed by atoms with E-state index < -0.39 is 11.7 Å². The average molecular weight is 361 g/mol. The number of carbonyl (C=O) groups excluding carboxylic acids is 2. The van der Waals surface area contributed by atoms with Crippen LogP contribution in [0.5, 0.6) is 5.75 Å². The van der Waals surface area contributed by atoms with Crippen molar-refractivity contribution in [3.8, 4) is 5.75 Å². The molecule has 0 bridgehead atoms. The number of H-pyrrole nitrogens is 1. The van der Waals surface area contributed by atoms with Crippen molar-refractivity contribution in [1.29, 1.82) is 0 Å². The summed E-state index contributed by atoms with van der Waals surface area (Å²) in [6.45, 7) is 0.441. The zero-order valence-corrected chi connectivity index (χ0v) is 14.1. The molecule has 1 aromatic carbocycles. The van der Waals surface area contributed by atoms with Crippen molar-refractivity contribution in [3.63, 3.8) is 0 Å². The van der Waals surface area contributed by atoms with Crippen LogP contribution in [-0.4, -0.2) is 37.0 Å². The standard InChI is InChI=1S/C16H15N3O5S/c1-23-11-3-2-4-12-13(11)9(8-25-12)14(20)17-5-6-18-15(21)10-7-24-16(22)19-10/h2-4,7-8H,5-6H2,1H3,(H,17,20)(H,18,21)(H,19,22). The normalized spacial score (nSPS) is 10.6. The summed E-state index contributed by atoms with van der Waals surface area (Å²) in [6, 6.07) is 5.60. The van der Waals surface area contributed by atoms with E-state index in [1.54, 1.807) is 18.6 Å². The minimum atomic E-state index is -0.697. The zero-order chi connectivity index (χ0) is 17.8. The Morgan fingerprint density at radius 3 is 2.68 bits per heavy atom. The summed E-state index contributed by atoms with van der Waals surface area (Å²) in [5, 5.41) is 7.86. The first kappa shape index (κ1) is 16.8. The van der Waals surface area contributed by atoms with Gasteiger partial charge in [0, 0.05) is 28.6 Å². The third-order valence-corrected chi connectivity index (χ3v) is 4.43. The molecule has 0 atom stereocenters. The van der Waals surface area contributed by atoms with Crippen LogP contribution < -0.4 is 21.1 Å². The van der Waals surface area contributed by atoms with Crippen LogP contribution in [0.2, 0.25) is 0 Å². The third kappa shape index (κ3) is 3.56. The first-order valence-corrected chi connectivity index (χ1v) is 8.26. The van der Waals surface area contributed by atoms with Crippen LogP contribution in [0.1, 0.15) is 20.8 Å². The van der Waals surface area contributed by atoms with E-state index in [1.807, 2.05) is 12.1 Å². The van der Waals surface area contributed by atoms with E-state index in [0.717, 1.165) is 16.3 Å². The number of methoxy groups -OCH3 is 1. The number of oxazole rings is 1. The maximum absolute atomic E-state index is 12.4. The van der Waals surface area contributed by atoms with Crippen LogP contribution in [0.3, 0.4) is 0 Å². The molecule has 9 heteroatoms. The summed E-state index contributed by atoms with van der Waals surface area (Å²) in [7, 11) is 1.56. The summed E-state index contributed by atoms with van der Waals surface area (Å²) in [6.07, 6.45) is 1.04. The highest BCUT2D eigenvalue weighted by Gasteiger charge is 2.15. The fraction of sp³-hybridized carbons (Fsp3) is 0.188. The van der Waals surface area contributed by atoms with Gasteiger partial charge < -0.3 is 19.8 Å². The monoisotopic (exact) mass is 361 g/mol. The average Bonchev–Trinajstić information content (AvgIpc) is 3.24. The largest absolute Gasteiger partial charge is 0.496 e. The summed E-state index contributed by atoms with van der Waals surface area (Å²) in [5.74, 6) is -0.790. The first-order chi connectivity index (χ1) is 12.1. The molecule has 2 heterocycles. The van der Waals surface area contributed by atoms with Gasteiger partial charge in [0.05, 0.1) is 12.7 Å². The van der Waals surface area contributed by atoms with E-state index in [-0.39, 0.29) is 24.7 Å². The predicted octanol–water partition coefficient (Wildman–Crippen LogP) is 1.35. The van der Waals surface area contributed by atoms with Crippen molar-refractivity contribution in [2.45, 2.75) is 0 Å². The van der Waals surface area contributed by atoms with E-state index in [2.05, 4.69) is 20.0 Å². The first-order valence-electron chi connectivity index (χ1n) is 7.38. The highest BCUT2D eigenvalue weighted by atomic mass is 32.1. The molecule has 0 saturated carbocycles. The van der Waals surface area contributed by atoms with Gasteiger partial charge in [0.25, 0.3) is 11.8 Å². The lowest BCUT2D eigenvalue weighted by molar-refractivity contribution is 0.0926. The van der Waals surface area contributed by atoms with E-state index in [0.29, 0.717) is 11.3 Å².